The highest BCUT2D eigenvalue weighted by atomic mass is 79.9. The van der Waals surface area contributed by atoms with Gasteiger partial charge in [0, 0.05) is 19.4 Å². The summed E-state index contributed by atoms with van der Waals surface area (Å²) in [5, 5.41) is 10.8. The van der Waals surface area contributed by atoms with Crippen molar-refractivity contribution in [1.82, 2.24) is 0 Å². The van der Waals surface area contributed by atoms with Gasteiger partial charge >= 0.3 is 0 Å². The second-order valence-corrected chi connectivity index (χ2v) is 11.0. The van der Waals surface area contributed by atoms with Crippen LogP contribution < -0.4 is 0 Å². The quantitative estimate of drug-likeness (QED) is 0.206. The molecule has 0 amide bonds. The molecule has 1 aromatic carbocycles. The third-order valence-electron chi connectivity index (χ3n) is 4.62. The highest BCUT2D eigenvalue weighted by molar-refractivity contribution is 8.93. The lowest BCUT2D eigenvalue weighted by Crippen LogP contribution is -2.11. The van der Waals surface area contributed by atoms with Crippen molar-refractivity contribution in [3.63, 3.8) is 0 Å². The zero-order valence-electron chi connectivity index (χ0n) is 15.5. The molecule has 0 aromatic heterocycles. The van der Waals surface area contributed by atoms with Crippen LogP contribution in [0, 0.1) is 10.1 Å². The van der Waals surface area contributed by atoms with Crippen LogP contribution in [-0.4, -0.2) is 23.4 Å². The molecule has 0 saturated carbocycles. The molecule has 138 valence electrons. The number of halogens is 1. The molecular weight excluding hydrogens is 385 g/mol. The Labute approximate surface area is 158 Å². The molecule has 0 bridgehead atoms. The van der Waals surface area contributed by atoms with E-state index in [0.29, 0.717) is 0 Å². The number of hydrogen-bond acceptors (Lipinski definition) is 2. The first-order chi connectivity index (χ1) is 11.1. The van der Waals surface area contributed by atoms with Crippen LogP contribution in [0.25, 0.3) is 0 Å². The molecule has 0 N–H and O–H groups in total. The molecule has 0 atom stereocenters. The summed E-state index contributed by atoms with van der Waals surface area (Å²) in [7, 11) is -0.976. The molecule has 0 unspecified atom stereocenters. The van der Waals surface area contributed by atoms with Crippen LogP contribution in [0.5, 0.6) is 0 Å². The molecule has 0 aliphatic rings. The molecule has 0 spiro atoms. The Bertz CT molecular complexity index is 443. The number of hydrogen-bond donors (Lipinski definition) is 0. The third-order valence-corrected chi connectivity index (χ3v) is 9.45. The Balaban J connectivity index is 0.00000529. The molecule has 0 aliphatic carbocycles. The van der Waals surface area contributed by atoms with E-state index >= 15 is 0 Å². The zero-order valence-corrected chi connectivity index (χ0v) is 18.1. The lowest BCUT2D eigenvalue weighted by molar-refractivity contribution is -0.384. The van der Waals surface area contributed by atoms with E-state index in [4.69, 9.17) is 0 Å². The highest BCUT2D eigenvalue weighted by Gasteiger charge is 2.35. The normalized spacial score (nSPS) is 11.1. The molecule has 5 heteroatoms. The van der Waals surface area contributed by atoms with Crippen molar-refractivity contribution < 1.29 is 4.92 Å². The van der Waals surface area contributed by atoms with E-state index in [9.17, 15) is 10.1 Å². The van der Waals surface area contributed by atoms with Gasteiger partial charge in [-0.25, -0.2) is 0 Å². The maximum absolute atomic E-state index is 10.8. The van der Waals surface area contributed by atoms with Crippen LogP contribution >= 0.6 is 24.2 Å². The van der Waals surface area contributed by atoms with Crippen LogP contribution in [0.4, 0.5) is 5.69 Å². The van der Waals surface area contributed by atoms with Crippen molar-refractivity contribution in [2.75, 3.05) is 18.5 Å². The lowest BCUT2D eigenvalue weighted by Gasteiger charge is -2.28. The van der Waals surface area contributed by atoms with Crippen LogP contribution in [0.15, 0.2) is 24.3 Å². The number of unbranched alkanes of at least 4 members (excludes halogenated alkanes) is 3. The zero-order chi connectivity index (χ0) is 17.1. The number of non-ortho nitro benzene ring substituents is 1. The second-order valence-electron chi connectivity index (χ2n) is 6.65. The first-order valence-corrected chi connectivity index (χ1v) is 11.7. The number of nitro groups is 1. The molecule has 24 heavy (non-hydrogen) atoms. The molecule has 0 fully saturated rings. The molecule has 0 radical (unpaired) electrons. The minimum absolute atomic E-state index is 0. The van der Waals surface area contributed by atoms with Crippen LogP contribution in [0.3, 0.4) is 0 Å². The summed E-state index contributed by atoms with van der Waals surface area (Å²) in [5.41, 5.74) is 1.50. The predicted molar refractivity (Wildman–Crippen MR) is 113 cm³/mol. The Morgan fingerprint density at radius 2 is 1.29 bits per heavy atom. The van der Waals surface area contributed by atoms with Crippen molar-refractivity contribution in [3.05, 3.63) is 39.9 Å². The van der Waals surface area contributed by atoms with Gasteiger partial charge in [-0.15, -0.1) is 17.0 Å². The average Bonchev–Trinajstić information content (AvgIpc) is 2.56. The van der Waals surface area contributed by atoms with Gasteiger partial charge in [-0.3, -0.25) is 10.1 Å². The fourth-order valence-corrected chi connectivity index (χ4v) is 8.26. The van der Waals surface area contributed by atoms with Gasteiger partial charge in [-0.1, -0.05) is 40.0 Å². The molecule has 1 rings (SSSR count). The van der Waals surface area contributed by atoms with E-state index in [2.05, 4.69) is 20.8 Å². The summed E-state index contributed by atoms with van der Waals surface area (Å²) in [4.78, 5) is 10.5. The lowest BCUT2D eigenvalue weighted by atomic mass is 10.2. The number of nitro benzene ring substituents is 1. The molecule has 0 aliphatic heterocycles. The van der Waals surface area contributed by atoms with Gasteiger partial charge in [0.05, 0.1) is 29.6 Å². The van der Waals surface area contributed by atoms with E-state index < -0.39 is 7.26 Å². The van der Waals surface area contributed by atoms with Gasteiger partial charge in [0.2, 0.25) is 0 Å². The first kappa shape index (κ1) is 23.5. The fraction of sp³-hybridized carbons (Fsp3) is 0.684. The summed E-state index contributed by atoms with van der Waals surface area (Å²) >= 11 is 0. The molecular formula is C19H34BrNO2P+. The maximum atomic E-state index is 10.8. The van der Waals surface area contributed by atoms with Gasteiger partial charge in [0.1, 0.15) is 0 Å². The summed E-state index contributed by atoms with van der Waals surface area (Å²) in [5.74, 6) is 0. The largest absolute Gasteiger partial charge is 0.269 e. The van der Waals surface area contributed by atoms with Gasteiger partial charge in [-0.05, 0) is 37.0 Å². The smallest absolute Gasteiger partial charge is 0.258 e. The summed E-state index contributed by atoms with van der Waals surface area (Å²) in [6.45, 7) is 6.83. The second kappa shape index (κ2) is 12.8. The topological polar surface area (TPSA) is 43.1 Å². The Morgan fingerprint density at radius 3 is 1.62 bits per heavy atom. The van der Waals surface area contributed by atoms with Gasteiger partial charge in [-0.2, -0.15) is 0 Å². The Kier molecular flexibility index (Phi) is 12.6. The van der Waals surface area contributed by atoms with Crippen LogP contribution in [0.2, 0.25) is 0 Å². The Hall–Kier alpha value is -0.470. The van der Waals surface area contributed by atoms with Gasteiger partial charge in [0.15, 0.2) is 0 Å². The summed E-state index contributed by atoms with van der Waals surface area (Å²) in [6.07, 6.45) is 13.1. The SMILES string of the molecule is Br.CCCC[P+](CCCC)(CCCC)Cc1ccc([N+](=O)[O-])cc1. The predicted octanol–water partition coefficient (Wildman–Crippen LogP) is 7.09. The van der Waals surface area contributed by atoms with Crippen LogP contribution in [-0.2, 0) is 6.16 Å². The molecule has 0 saturated heterocycles. The highest BCUT2D eigenvalue weighted by Crippen LogP contribution is 2.63. The standard InChI is InChI=1S/C19H33NO2P.BrH/c1-4-7-14-23(15-8-5-2,16-9-6-3)17-18-10-12-19(13-11-18)20(21)22;/h10-13H,4-9,14-17H2,1-3H3;1H/q+1;. The molecule has 0 heterocycles. The van der Waals surface area contributed by atoms with Crippen molar-refractivity contribution in [2.24, 2.45) is 0 Å². The third kappa shape index (κ3) is 8.07. The van der Waals surface area contributed by atoms with E-state index in [1.165, 1.54) is 68.7 Å². The fourth-order valence-electron chi connectivity index (χ4n) is 3.16. The van der Waals surface area contributed by atoms with E-state index in [-0.39, 0.29) is 27.6 Å². The van der Waals surface area contributed by atoms with Crippen molar-refractivity contribution in [1.29, 1.82) is 0 Å². The number of benzene rings is 1. The van der Waals surface area contributed by atoms with Crippen molar-refractivity contribution >= 4 is 29.9 Å². The van der Waals surface area contributed by atoms with Crippen LogP contribution in [0.1, 0.15) is 64.9 Å². The minimum atomic E-state index is -0.976. The summed E-state index contributed by atoms with van der Waals surface area (Å²) in [6, 6.07) is 7.31. The van der Waals surface area contributed by atoms with Crippen molar-refractivity contribution in [2.45, 2.75) is 65.5 Å². The minimum Gasteiger partial charge on any atom is -0.258 e. The first-order valence-electron chi connectivity index (χ1n) is 9.15. The Morgan fingerprint density at radius 1 is 0.875 bits per heavy atom. The van der Waals surface area contributed by atoms with E-state index in [1.54, 1.807) is 12.1 Å². The monoisotopic (exact) mass is 418 g/mol. The number of rotatable bonds is 12. The maximum Gasteiger partial charge on any atom is 0.269 e. The molecule has 3 nitrogen and oxygen atoms in total. The van der Waals surface area contributed by atoms with Gasteiger partial charge in [0.25, 0.3) is 5.69 Å². The summed E-state index contributed by atoms with van der Waals surface area (Å²) < 4.78 is 0. The molecule has 1 aromatic rings. The average molecular weight is 419 g/mol. The van der Waals surface area contributed by atoms with E-state index in [1.807, 2.05) is 12.1 Å². The van der Waals surface area contributed by atoms with E-state index in [0.717, 1.165) is 0 Å². The number of nitrogens with zero attached hydrogens (tertiary/aromatic N) is 1. The van der Waals surface area contributed by atoms with Gasteiger partial charge < -0.3 is 0 Å². The van der Waals surface area contributed by atoms with Crippen molar-refractivity contribution in [3.8, 4) is 0 Å².